The van der Waals surface area contributed by atoms with Crippen molar-refractivity contribution in [2.75, 3.05) is 0 Å². The second-order valence-corrected chi connectivity index (χ2v) is 6.13. The Morgan fingerprint density at radius 3 is 2.44 bits per heavy atom. The highest BCUT2D eigenvalue weighted by atomic mass is 32.2. The Labute approximate surface area is 99.5 Å². The zero-order valence-electron chi connectivity index (χ0n) is 10.2. The molecule has 2 atom stereocenters. The second-order valence-electron chi connectivity index (χ2n) is 4.26. The number of carbonyl (C=O) groups excluding carboxylic acids is 1. The van der Waals surface area contributed by atoms with Gasteiger partial charge < -0.3 is 0 Å². The van der Waals surface area contributed by atoms with Gasteiger partial charge in [-0.3, -0.25) is 9.00 Å². The molecule has 2 unspecified atom stereocenters. The second kappa shape index (κ2) is 5.39. The fourth-order valence-corrected chi connectivity index (χ4v) is 2.90. The number of ketones is 1. The van der Waals surface area contributed by atoms with E-state index >= 15 is 0 Å². The van der Waals surface area contributed by atoms with E-state index in [0.717, 1.165) is 10.5 Å². The van der Waals surface area contributed by atoms with E-state index in [1.54, 1.807) is 0 Å². The Balaban J connectivity index is 2.88. The molecule has 0 amide bonds. The summed E-state index contributed by atoms with van der Waals surface area (Å²) in [4.78, 5) is 11.8. The molecule has 0 aliphatic carbocycles. The molecule has 0 spiro atoms. The lowest BCUT2D eigenvalue weighted by molar-refractivity contribution is -0.116. The van der Waals surface area contributed by atoms with E-state index in [-0.39, 0.29) is 11.0 Å². The van der Waals surface area contributed by atoms with Gasteiger partial charge in [-0.05, 0) is 44.0 Å². The molecule has 0 heterocycles. The van der Waals surface area contributed by atoms with Crippen LogP contribution in [0.4, 0.5) is 0 Å². The van der Waals surface area contributed by atoms with E-state index in [4.69, 9.17) is 0 Å². The third-order valence-corrected chi connectivity index (χ3v) is 4.27. The number of hydrogen-bond acceptors (Lipinski definition) is 2. The Kier molecular flexibility index (Phi) is 4.42. The van der Waals surface area contributed by atoms with E-state index in [1.165, 1.54) is 12.5 Å². The maximum Gasteiger partial charge on any atom is 0.131 e. The fraction of sp³-hybridized carbons (Fsp3) is 0.462. The number of Topliss-reactive ketones (excluding diaryl/α,β-unsaturated/α-hetero) is 1. The van der Waals surface area contributed by atoms with Gasteiger partial charge in [-0.25, -0.2) is 0 Å². The minimum absolute atomic E-state index is 0.0877. The molecule has 1 rings (SSSR count). The molecule has 0 aliphatic rings. The van der Waals surface area contributed by atoms with Crippen LogP contribution in [0, 0.1) is 13.8 Å². The molecule has 0 radical (unpaired) electrons. The summed E-state index contributed by atoms with van der Waals surface area (Å²) in [5.41, 5.74) is 2.33. The topological polar surface area (TPSA) is 34.1 Å². The molecule has 0 saturated carbocycles. The molecule has 0 saturated heterocycles. The van der Waals surface area contributed by atoms with Crippen molar-refractivity contribution in [3.63, 3.8) is 0 Å². The van der Waals surface area contributed by atoms with Crippen molar-refractivity contribution < 1.29 is 9.00 Å². The lowest BCUT2D eigenvalue weighted by Crippen LogP contribution is -2.14. The van der Waals surface area contributed by atoms with Crippen LogP contribution in [0.25, 0.3) is 0 Å². The zero-order valence-corrected chi connectivity index (χ0v) is 11.1. The highest BCUT2D eigenvalue weighted by Gasteiger charge is 2.15. The van der Waals surface area contributed by atoms with Gasteiger partial charge in [0, 0.05) is 16.6 Å². The van der Waals surface area contributed by atoms with Crippen molar-refractivity contribution in [2.45, 2.75) is 44.3 Å². The van der Waals surface area contributed by atoms with Gasteiger partial charge in [0.15, 0.2) is 0 Å². The fourth-order valence-electron chi connectivity index (χ4n) is 1.55. The third kappa shape index (κ3) is 3.27. The number of aryl methyl sites for hydroxylation is 2. The van der Waals surface area contributed by atoms with Crippen LogP contribution in [-0.2, 0) is 15.6 Å². The van der Waals surface area contributed by atoms with E-state index in [1.807, 2.05) is 39.0 Å². The molecule has 2 nitrogen and oxygen atoms in total. The summed E-state index contributed by atoms with van der Waals surface area (Å²) in [7, 11) is -1.09. The first-order valence-electron chi connectivity index (χ1n) is 5.39. The first-order valence-corrected chi connectivity index (χ1v) is 6.60. The van der Waals surface area contributed by atoms with Crippen molar-refractivity contribution >= 4 is 16.6 Å². The Morgan fingerprint density at radius 1 is 1.31 bits per heavy atom. The van der Waals surface area contributed by atoms with Crippen LogP contribution in [0.2, 0.25) is 0 Å². The molecule has 0 bridgehead atoms. The summed E-state index contributed by atoms with van der Waals surface area (Å²) < 4.78 is 12.1. The molecule has 16 heavy (non-hydrogen) atoms. The van der Waals surface area contributed by atoms with Crippen LogP contribution in [0.15, 0.2) is 23.1 Å². The zero-order chi connectivity index (χ0) is 12.3. The summed E-state index contributed by atoms with van der Waals surface area (Å²) in [5, 5.41) is -0.111. The standard InChI is InChI=1S/C13H18O2S/c1-9-5-6-13(7-10(9)2)16(15)12(4)8-11(3)14/h5-7,12H,8H2,1-4H3. The average molecular weight is 238 g/mol. The van der Waals surface area contributed by atoms with Gasteiger partial charge in [-0.2, -0.15) is 0 Å². The van der Waals surface area contributed by atoms with E-state index in [0.29, 0.717) is 6.42 Å². The summed E-state index contributed by atoms with van der Waals surface area (Å²) in [6.07, 6.45) is 0.375. The number of carbonyl (C=O) groups is 1. The van der Waals surface area contributed by atoms with Gasteiger partial charge in [0.05, 0.1) is 10.8 Å². The molecule has 1 aromatic rings. The minimum atomic E-state index is -1.09. The molecular formula is C13H18O2S. The highest BCUT2D eigenvalue weighted by Crippen LogP contribution is 2.17. The third-order valence-electron chi connectivity index (χ3n) is 2.65. The van der Waals surface area contributed by atoms with Gasteiger partial charge in [0.2, 0.25) is 0 Å². The number of benzene rings is 1. The first-order chi connectivity index (χ1) is 7.41. The normalized spacial score (nSPS) is 14.5. The SMILES string of the molecule is CC(=O)CC(C)S(=O)c1ccc(C)c(C)c1. The van der Waals surface area contributed by atoms with Gasteiger partial charge >= 0.3 is 0 Å². The predicted molar refractivity (Wildman–Crippen MR) is 67.1 cm³/mol. The smallest absolute Gasteiger partial charge is 0.131 e. The maximum absolute atomic E-state index is 12.1. The first kappa shape index (κ1) is 13.1. The van der Waals surface area contributed by atoms with Crippen molar-refractivity contribution in [3.8, 4) is 0 Å². The van der Waals surface area contributed by atoms with Crippen LogP contribution in [-0.4, -0.2) is 15.2 Å². The molecule has 0 aliphatic heterocycles. The van der Waals surface area contributed by atoms with E-state index in [2.05, 4.69) is 0 Å². The van der Waals surface area contributed by atoms with E-state index in [9.17, 15) is 9.00 Å². The molecule has 88 valence electrons. The highest BCUT2D eigenvalue weighted by molar-refractivity contribution is 7.85. The van der Waals surface area contributed by atoms with Gasteiger partial charge in [-0.1, -0.05) is 13.0 Å². The molecular weight excluding hydrogens is 220 g/mol. The molecule has 0 fully saturated rings. The summed E-state index contributed by atoms with van der Waals surface area (Å²) >= 11 is 0. The quantitative estimate of drug-likeness (QED) is 0.808. The lowest BCUT2D eigenvalue weighted by Gasteiger charge is -2.10. The van der Waals surface area contributed by atoms with Crippen molar-refractivity contribution in [2.24, 2.45) is 0 Å². The lowest BCUT2D eigenvalue weighted by atomic mass is 10.1. The molecule has 1 aromatic carbocycles. The minimum Gasteiger partial charge on any atom is -0.300 e. The van der Waals surface area contributed by atoms with Gasteiger partial charge in [0.25, 0.3) is 0 Å². The average Bonchev–Trinajstić information content (AvgIpc) is 2.20. The monoisotopic (exact) mass is 238 g/mol. The maximum atomic E-state index is 12.1. The number of rotatable bonds is 4. The largest absolute Gasteiger partial charge is 0.300 e. The summed E-state index contributed by atoms with van der Waals surface area (Å²) in [5.74, 6) is 0.0877. The van der Waals surface area contributed by atoms with Crippen molar-refractivity contribution in [1.29, 1.82) is 0 Å². The molecule has 3 heteroatoms. The van der Waals surface area contributed by atoms with Crippen LogP contribution < -0.4 is 0 Å². The van der Waals surface area contributed by atoms with Gasteiger partial charge in [0.1, 0.15) is 5.78 Å². The van der Waals surface area contributed by atoms with E-state index < -0.39 is 10.8 Å². The van der Waals surface area contributed by atoms with Crippen LogP contribution in [0.5, 0.6) is 0 Å². The summed E-state index contributed by atoms with van der Waals surface area (Å²) in [6.45, 7) is 7.42. The summed E-state index contributed by atoms with van der Waals surface area (Å²) in [6, 6.07) is 5.81. The Bertz CT molecular complexity index is 424. The van der Waals surface area contributed by atoms with Gasteiger partial charge in [-0.15, -0.1) is 0 Å². The van der Waals surface area contributed by atoms with Crippen molar-refractivity contribution in [1.82, 2.24) is 0 Å². The van der Waals surface area contributed by atoms with Crippen LogP contribution >= 0.6 is 0 Å². The van der Waals surface area contributed by atoms with Crippen LogP contribution in [0.1, 0.15) is 31.4 Å². The Hall–Kier alpha value is -0.960. The molecule has 0 N–H and O–H groups in total. The molecule has 0 aromatic heterocycles. The number of hydrogen-bond donors (Lipinski definition) is 0. The van der Waals surface area contributed by atoms with Crippen molar-refractivity contribution in [3.05, 3.63) is 29.3 Å². The van der Waals surface area contributed by atoms with Crippen LogP contribution in [0.3, 0.4) is 0 Å². The predicted octanol–water partition coefficient (Wildman–Crippen LogP) is 2.78. The Morgan fingerprint density at radius 2 is 1.94 bits per heavy atom.